The Bertz CT molecular complexity index is 1060. The Hall–Kier alpha value is -1.81. The first-order valence-electron chi connectivity index (χ1n) is 9.50. The van der Waals surface area contributed by atoms with Crippen LogP contribution in [0.2, 0.25) is 0 Å². The van der Waals surface area contributed by atoms with Gasteiger partial charge in [-0.05, 0) is 30.0 Å². The van der Waals surface area contributed by atoms with E-state index < -0.39 is 0 Å². The van der Waals surface area contributed by atoms with E-state index in [0.717, 1.165) is 32.4 Å². The number of carbonyl (C=O) groups excluding carboxylic acids is 2. The van der Waals surface area contributed by atoms with Crippen LogP contribution in [0.5, 0.6) is 0 Å². The Labute approximate surface area is 184 Å². The molecule has 3 aromatic rings. The van der Waals surface area contributed by atoms with E-state index in [1.165, 1.54) is 11.3 Å². The zero-order valence-corrected chi connectivity index (χ0v) is 18.7. The summed E-state index contributed by atoms with van der Waals surface area (Å²) < 4.78 is 2.15. The van der Waals surface area contributed by atoms with Crippen LogP contribution in [0.25, 0.3) is 10.1 Å². The van der Waals surface area contributed by atoms with Gasteiger partial charge in [0.2, 0.25) is 0 Å². The molecule has 1 unspecified atom stereocenters. The number of hydrogen-bond donors (Lipinski definition) is 1. The van der Waals surface area contributed by atoms with Crippen LogP contribution in [0.3, 0.4) is 0 Å². The average molecular weight is 491 g/mol. The molecule has 2 aliphatic heterocycles. The lowest BCUT2D eigenvalue weighted by atomic mass is 10.1. The molecule has 2 aliphatic rings. The highest BCUT2D eigenvalue weighted by Gasteiger charge is 2.35. The largest absolute Gasteiger partial charge is 0.335 e. The van der Waals surface area contributed by atoms with Crippen molar-refractivity contribution < 1.29 is 9.59 Å². The van der Waals surface area contributed by atoms with Gasteiger partial charge in [-0.2, -0.15) is 0 Å². The fourth-order valence-electron chi connectivity index (χ4n) is 3.89. The Balaban J connectivity index is 1.13. The molecular weight excluding hydrogens is 472 g/mol. The molecular formula is C20H19BrN4O2S2. The second-order valence-electron chi connectivity index (χ2n) is 7.44. The molecule has 0 saturated carbocycles. The van der Waals surface area contributed by atoms with Crippen LogP contribution >= 0.6 is 38.6 Å². The summed E-state index contributed by atoms with van der Waals surface area (Å²) in [6, 6.07) is 8.64. The number of nitrogens with one attached hydrogen (secondary N) is 1. The molecule has 150 valence electrons. The second-order valence-corrected chi connectivity index (χ2v) is 10.3. The highest BCUT2D eigenvalue weighted by molar-refractivity contribution is 9.10. The number of fused-ring (bicyclic) bond motifs is 1. The van der Waals surface area contributed by atoms with Gasteiger partial charge in [-0.15, -0.1) is 22.7 Å². The fraction of sp³-hybridized carbons (Fsp3) is 0.350. The predicted molar refractivity (Wildman–Crippen MR) is 119 cm³/mol. The summed E-state index contributed by atoms with van der Waals surface area (Å²) >= 11 is 6.41. The molecule has 5 rings (SSSR count). The van der Waals surface area contributed by atoms with E-state index in [9.17, 15) is 9.59 Å². The number of thiophene rings is 1. The van der Waals surface area contributed by atoms with Gasteiger partial charge in [-0.1, -0.05) is 22.0 Å². The van der Waals surface area contributed by atoms with Crippen LogP contribution in [-0.2, 0) is 0 Å². The van der Waals surface area contributed by atoms with E-state index in [4.69, 9.17) is 0 Å². The summed E-state index contributed by atoms with van der Waals surface area (Å²) in [6.07, 6.45) is 2.60. The maximum absolute atomic E-state index is 12.8. The van der Waals surface area contributed by atoms with Crippen molar-refractivity contribution >= 4 is 60.5 Å². The molecule has 2 amide bonds. The lowest BCUT2D eigenvalue weighted by Gasteiger charge is -2.40. The van der Waals surface area contributed by atoms with Crippen LogP contribution in [0.15, 0.2) is 40.3 Å². The Morgan fingerprint density at radius 3 is 2.72 bits per heavy atom. The molecule has 1 N–H and O–H groups in total. The number of thiazole rings is 1. The molecule has 2 fully saturated rings. The van der Waals surface area contributed by atoms with Crippen molar-refractivity contribution in [2.75, 3.05) is 26.2 Å². The van der Waals surface area contributed by atoms with Gasteiger partial charge >= 0.3 is 0 Å². The molecule has 1 aromatic carbocycles. The van der Waals surface area contributed by atoms with Crippen molar-refractivity contribution in [3.8, 4) is 0 Å². The Morgan fingerprint density at radius 2 is 1.93 bits per heavy atom. The molecule has 9 heteroatoms. The highest BCUT2D eigenvalue weighted by atomic mass is 79.9. The minimum Gasteiger partial charge on any atom is -0.335 e. The second kappa shape index (κ2) is 7.79. The molecule has 0 aliphatic carbocycles. The van der Waals surface area contributed by atoms with Gasteiger partial charge in [0.25, 0.3) is 11.8 Å². The predicted octanol–water partition coefficient (Wildman–Crippen LogP) is 3.45. The van der Waals surface area contributed by atoms with Crippen molar-refractivity contribution in [1.29, 1.82) is 0 Å². The van der Waals surface area contributed by atoms with E-state index >= 15 is 0 Å². The van der Waals surface area contributed by atoms with Gasteiger partial charge < -0.3 is 15.1 Å². The van der Waals surface area contributed by atoms with Crippen molar-refractivity contribution in [2.45, 2.75) is 18.5 Å². The molecule has 0 bridgehead atoms. The maximum Gasteiger partial charge on any atom is 0.282 e. The number of halogens is 1. The highest BCUT2D eigenvalue weighted by Crippen LogP contribution is 2.30. The number of likely N-dealkylation sites (tertiary alicyclic amines) is 2. The van der Waals surface area contributed by atoms with Gasteiger partial charge in [0.05, 0.1) is 4.88 Å². The average Bonchev–Trinajstić information content (AvgIpc) is 3.43. The van der Waals surface area contributed by atoms with Crippen LogP contribution in [-0.4, -0.2) is 64.9 Å². The Morgan fingerprint density at radius 1 is 1.10 bits per heavy atom. The van der Waals surface area contributed by atoms with Gasteiger partial charge in [0, 0.05) is 59.0 Å². The molecule has 2 saturated heterocycles. The van der Waals surface area contributed by atoms with E-state index in [-0.39, 0.29) is 17.9 Å². The topological polar surface area (TPSA) is 65.5 Å². The zero-order chi connectivity index (χ0) is 20.0. The number of aromatic nitrogens is 1. The number of carbonyl (C=O) groups is 2. The maximum atomic E-state index is 12.8. The van der Waals surface area contributed by atoms with Crippen molar-refractivity contribution in [1.82, 2.24) is 20.1 Å². The minimum atomic E-state index is 0.0195. The van der Waals surface area contributed by atoms with E-state index in [1.54, 1.807) is 17.5 Å². The van der Waals surface area contributed by atoms with E-state index in [0.29, 0.717) is 30.7 Å². The number of hydrogen-bond acceptors (Lipinski definition) is 6. The van der Waals surface area contributed by atoms with Gasteiger partial charge in [0.1, 0.15) is 0 Å². The third kappa shape index (κ3) is 3.84. The molecule has 0 radical (unpaired) electrons. The van der Waals surface area contributed by atoms with Crippen LogP contribution < -0.4 is 5.32 Å². The number of benzene rings is 1. The monoisotopic (exact) mass is 490 g/mol. The third-order valence-electron chi connectivity index (χ3n) is 5.42. The first-order chi connectivity index (χ1) is 14.1. The van der Waals surface area contributed by atoms with Gasteiger partial charge in [-0.25, -0.2) is 4.98 Å². The first-order valence-corrected chi connectivity index (χ1v) is 12.0. The number of rotatable bonds is 4. The molecule has 6 nitrogen and oxygen atoms in total. The summed E-state index contributed by atoms with van der Waals surface area (Å²) in [7, 11) is 0. The number of nitrogens with zero attached hydrogens (tertiary/aromatic N) is 3. The quantitative estimate of drug-likeness (QED) is 0.608. The lowest BCUT2D eigenvalue weighted by molar-refractivity contribution is 0.0558. The molecule has 2 aromatic heterocycles. The van der Waals surface area contributed by atoms with Crippen molar-refractivity contribution in [3.63, 3.8) is 0 Å². The van der Waals surface area contributed by atoms with Crippen molar-refractivity contribution in [2.24, 2.45) is 0 Å². The summed E-state index contributed by atoms with van der Waals surface area (Å²) in [5.41, 5.74) is 0. The summed E-state index contributed by atoms with van der Waals surface area (Å²) in [4.78, 5) is 33.8. The van der Waals surface area contributed by atoms with Crippen LogP contribution in [0.4, 0.5) is 0 Å². The smallest absolute Gasteiger partial charge is 0.282 e. The number of amides is 2. The van der Waals surface area contributed by atoms with E-state index in [2.05, 4.69) is 32.3 Å². The molecule has 4 heterocycles. The SMILES string of the molecule is O=C(c1cc2ccc(Br)cc2s1)N1CC(NC2CCN(C(=O)c3nccs3)C2)C1. The van der Waals surface area contributed by atoms with Crippen LogP contribution in [0, 0.1) is 0 Å². The summed E-state index contributed by atoms with van der Waals surface area (Å²) in [5.74, 6) is 0.124. The lowest BCUT2D eigenvalue weighted by Crippen LogP contribution is -2.61. The van der Waals surface area contributed by atoms with Gasteiger partial charge in [-0.3, -0.25) is 9.59 Å². The zero-order valence-electron chi connectivity index (χ0n) is 15.5. The van der Waals surface area contributed by atoms with Gasteiger partial charge in [0.15, 0.2) is 5.01 Å². The first kappa shape index (κ1) is 19.2. The van der Waals surface area contributed by atoms with Crippen molar-refractivity contribution in [3.05, 3.63) is 50.2 Å². The standard InChI is InChI=1S/C20H19BrN4O2S2/c21-13-2-1-12-7-17(29-16(12)8-13)19(26)25-10-15(11-25)23-14-3-5-24(9-14)20(27)18-22-4-6-28-18/h1-2,4,6-8,14-15,23H,3,5,9-11H2. The molecule has 0 spiro atoms. The van der Waals surface area contributed by atoms with Crippen LogP contribution in [0.1, 0.15) is 25.9 Å². The summed E-state index contributed by atoms with van der Waals surface area (Å²) in [5, 5.41) is 7.10. The normalized spacial score (nSPS) is 19.7. The molecule has 29 heavy (non-hydrogen) atoms. The fourth-order valence-corrected chi connectivity index (χ4v) is 6.08. The molecule has 1 atom stereocenters. The third-order valence-corrected chi connectivity index (χ3v) is 7.76. The minimum absolute atomic E-state index is 0.0195. The summed E-state index contributed by atoms with van der Waals surface area (Å²) in [6.45, 7) is 2.89. The van der Waals surface area contributed by atoms with E-state index in [1.807, 2.05) is 33.4 Å². The Kier molecular flexibility index (Phi) is 5.15.